The first-order chi connectivity index (χ1) is 9.47. The molecule has 0 bridgehead atoms. The zero-order valence-corrected chi connectivity index (χ0v) is 12.7. The van der Waals surface area contributed by atoms with Gasteiger partial charge in [0.1, 0.15) is 5.82 Å². The fourth-order valence-electron chi connectivity index (χ4n) is 1.78. The Morgan fingerprint density at radius 2 is 1.90 bits per heavy atom. The molecule has 0 unspecified atom stereocenters. The van der Waals surface area contributed by atoms with Crippen LogP contribution in [-0.2, 0) is 0 Å². The van der Waals surface area contributed by atoms with Crippen LogP contribution < -0.4 is 10.6 Å². The molecule has 2 rings (SSSR count). The molecule has 0 aromatic heterocycles. The topological polar surface area (TPSA) is 24.1 Å². The Bertz CT molecular complexity index is 638. The maximum atomic E-state index is 13.7. The molecule has 0 fully saturated rings. The molecule has 2 aromatic rings. The van der Waals surface area contributed by atoms with Gasteiger partial charge in [-0.15, -0.1) is 0 Å². The zero-order valence-electron chi connectivity index (χ0n) is 11.1. The number of nitrogens with one attached hydrogen (secondary N) is 2. The molecule has 0 atom stereocenters. The van der Waals surface area contributed by atoms with Gasteiger partial charge in [-0.3, -0.25) is 0 Å². The molecule has 104 valence electrons. The first-order valence-corrected chi connectivity index (χ1v) is 6.85. The van der Waals surface area contributed by atoms with E-state index in [0.29, 0.717) is 15.8 Å². The van der Waals surface area contributed by atoms with E-state index >= 15 is 0 Å². The lowest BCUT2D eigenvalue weighted by atomic mass is 10.2. The van der Waals surface area contributed by atoms with Gasteiger partial charge in [0.25, 0.3) is 0 Å². The summed E-state index contributed by atoms with van der Waals surface area (Å²) in [6, 6.07) is 10.5. The van der Waals surface area contributed by atoms with Crippen molar-refractivity contribution in [2.75, 3.05) is 10.6 Å². The molecule has 0 radical (unpaired) electrons. The van der Waals surface area contributed by atoms with Crippen molar-refractivity contribution in [3.05, 3.63) is 58.4 Å². The highest BCUT2D eigenvalue weighted by molar-refractivity contribution is 7.80. The number of rotatable bonds is 2. The summed E-state index contributed by atoms with van der Waals surface area (Å²) in [4.78, 5) is 0. The van der Waals surface area contributed by atoms with Gasteiger partial charge in [-0.1, -0.05) is 29.8 Å². The Kier molecular flexibility index (Phi) is 4.57. The minimum Gasteiger partial charge on any atom is -0.331 e. The van der Waals surface area contributed by atoms with Gasteiger partial charge in [-0.05, 0) is 55.4 Å². The maximum Gasteiger partial charge on any atom is 0.175 e. The van der Waals surface area contributed by atoms with E-state index in [9.17, 15) is 4.39 Å². The van der Waals surface area contributed by atoms with Crippen molar-refractivity contribution in [1.82, 2.24) is 0 Å². The molecule has 0 amide bonds. The molecule has 0 aliphatic carbocycles. The number of hydrogen-bond donors (Lipinski definition) is 2. The summed E-state index contributed by atoms with van der Waals surface area (Å²) < 4.78 is 13.7. The average Bonchev–Trinajstić information content (AvgIpc) is 2.37. The van der Waals surface area contributed by atoms with Crippen LogP contribution >= 0.6 is 23.8 Å². The predicted octanol–water partition coefficient (Wildman–Crippen LogP) is 4.90. The molecule has 0 aliphatic rings. The maximum absolute atomic E-state index is 13.7. The molecule has 5 heteroatoms. The number of aryl methyl sites for hydroxylation is 2. The van der Waals surface area contributed by atoms with E-state index in [4.69, 9.17) is 23.8 Å². The summed E-state index contributed by atoms with van der Waals surface area (Å²) in [5.74, 6) is -0.343. The Balaban J connectivity index is 2.13. The summed E-state index contributed by atoms with van der Waals surface area (Å²) in [7, 11) is 0. The van der Waals surface area contributed by atoms with Gasteiger partial charge in [-0.2, -0.15) is 0 Å². The van der Waals surface area contributed by atoms with Crippen LogP contribution in [0.25, 0.3) is 0 Å². The molecule has 2 aromatic carbocycles. The van der Waals surface area contributed by atoms with Crippen molar-refractivity contribution < 1.29 is 4.39 Å². The Labute approximate surface area is 128 Å². The smallest absolute Gasteiger partial charge is 0.175 e. The van der Waals surface area contributed by atoms with Gasteiger partial charge in [0.05, 0.1) is 16.4 Å². The first kappa shape index (κ1) is 14.8. The van der Waals surface area contributed by atoms with Gasteiger partial charge in [0, 0.05) is 0 Å². The van der Waals surface area contributed by atoms with Crippen LogP contribution in [0.5, 0.6) is 0 Å². The Hall–Kier alpha value is -1.65. The number of para-hydroxylation sites is 1. The predicted molar refractivity (Wildman–Crippen MR) is 87.2 cm³/mol. The molecule has 0 saturated heterocycles. The quantitative estimate of drug-likeness (QED) is 0.771. The second-order valence-electron chi connectivity index (χ2n) is 4.49. The molecular weight excluding hydrogens is 295 g/mol. The molecule has 20 heavy (non-hydrogen) atoms. The highest BCUT2D eigenvalue weighted by Gasteiger charge is 2.08. The normalized spacial score (nSPS) is 10.2. The van der Waals surface area contributed by atoms with Gasteiger partial charge >= 0.3 is 0 Å². The van der Waals surface area contributed by atoms with Crippen LogP contribution in [0.15, 0.2) is 36.4 Å². The van der Waals surface area contributed by atoms with Crippen molar-refractivity contribution in [3.63, 3.8) is 0 Å². The van der Waals surface area contributed by atoms with Crippen molar-refractivity contribution in [2.24, 2.45) is 0 Å². The first-order valence-electron chi connectivity index (χ1n) is 6.06. The standard InChI is InChI=1S/C15H14ClFN2S/c1-9-6-7-13(12(17)8-9)18-15(20)19-14-10(2)4-3-5-11(14)16/h3-8H,1-2H3,(H2,18,19,20). The Morgan fingerprint density at radius 3 is 2.55 bits per heavy atom. The lowest BCUT2D eigenvalue weighted by Gasteiger charge is -2.14. The van der Waals surface area contributed by atoms with E-state index in [1.54, 1.807) is 12.1 Å². The third kappa shape index (κ3) is 3.46. The number of hydrogen-bond acceptors (Lipinski definition) is 1. The summed E-state index contributed by atoms with van der Waals surface area (Å²) in [5, 5.41) is 6.68. The van der Waals surface area contributed by atoms with Crippen LogP contribution in [0.1, 0.15) is 11.1 Å². The van der Waals surface area contributed by atoms with Gasteiger partial charge < -0.3 is 10.6 Å². The van der Waals surface area contributed by atoms with Gasteiger partial charge in [0.15, 0.2) is 5.11 Å². The fourth-order valence-corrected chi connectivity index (χ4v) is 2.26. The third-order valence-electron chi connectivity index (χ3n) is 2.83. The average molecular weight is 309 g/mol. The largest absolute Gasteiger partial charge is 0.331 e. The fraction of sp³-hybridized carbons (Fsp3) is 0.133. The lowest BCUT2D eigenvalue weighted by Crippen LogP contribution is -2.20. The van der Waals surface area contributed by atoms with E-state index in [1.807, 2.05) is 32.0 Å². The minimum absolute atomic E-state index is 0.295. The Morgan fingerprint density at radius 1 is 1.15 bits per heavy atom. The van der Waals surface area contributed by atoms with E-state index < -0.39 is 0 Å². The summed E-state index contributed by atoms with van der Waals surface area (Å²) in [6.07, 6.45) is 0. The van der Waals surface area contributed by atoms with Crippen LogP contribution in [0.3, 0.4) is 0 Å². The van der Waals surface area contributed by atoms with Crippen molar-refractivity contribution in [1.29, 1.82) is 0 Å². The van der Waals surface area contributed by atoms with Crippen LogP contribution in [0, 0.1) is 19.7 Å². The molecule has 0 saturated carbocycles. The summed E-state index contributed by atoms with van der Waals surface area (Å²) >= 11 is 11.3. The highest BCUT2D eigenvalue weighted by Crippen LogP contribution is 2.25. The summed E-state index contributed by atoms with van der Waals surface area (Å²) in [6.45, 7) is 3.75. The number of anilines is 2. The number of halogens is 2. The summed E-state index contributed by atoms with van der Waals surface area (Å²) in [5.41, 5.74) is 2.87. The van der Waals surface area contributed by atoms with E-state index in [1.165, 1.54) is 6.07 Å². The highest BCUT2D eigenvalue weighted by atomic mass is 35.5. The molecule has 0 spiro atoms. The number of benzene rings is 2. The van der Waals surface area contributed by atoms with Crippen molar-refractivity contribution >= 4 is 40.3 Å². The number of thiocarbonyl (C=S) groups is 1. The van der Waals surface area contributed by atoms with Crippen LogP contribution in [-0.4, -0.2) is 5.11 Å². The molecular formula is C15H14ClFN2S. The van der Waals surface area contributed by atoms with Crippen molar-refractivity contribution in [2.45, 2.75) is 13.8 Å². The van der Waals surface area contributed by atoms with E-state index in [2.05, 4.69) is 10.6 Å². The van der Waals surface area contributed by atoms with E-state index in [0.717, 1.165) is 16.8 Å². The molecule has 2 nitrogen and oxygen atoms in total. The zero-order chi connectivity index (χ0) is 14.7. The second-order valence-corrected chi connectivity index (χ2v) is 5.31. The third-order valence-corrected chi connectivity index (χ3v) is 3.35. The second kappa shape index (κ2) is 6.20. The minimum atomic E-state index is -0.343. The van der Waals surface area contributed by atoms with Crippen LogP contribution in [0.2, 0.25) is 5.02 Å². The lowest BCUT2D eigenvalue weighted by molar-refractivity contribution is 0.631. The van der Waals surface area contributed by atoms with Gasteiger partial charge in [0.2, 0.25) is 0 Å². The molecule has 0 aliphatic heterocycles. The van der Waals surface area contributed by atoms with E-state index in [-0.39, 0.29) is 5.82 Å². The van der Waals surface area contributed by atoms with Crippen LogP contribution in [0.4, 0.5) is 15.8 Å². The molecule has 0 heterocycles. The molecule has 2 N–H and O–H groups in total. The SMILES string of the molecule is Cc1ccc(NC(=S)Nc2c(C)cccc2Cl)c(F)c1. The van der Waals surface area contributed by atoms with Crippen molar-refractivity contribution in [3.8, 4) is 0 Å². The monoisotopic (exact) mass is 308 g/mol. The van der Waals surface area contributed by atoms with Gasteiger partial charge in [-0.25, -0.2) is 4.39 Å².